The second kappa shape index (κ2) is 8.90. The van der Waals surface area contributed by atoms with Crippen LogP contribution in [0.3, 0.4) is 0 Å². The average molecular weight is 393 g/mol. The number of nitrogens with zero attached hydrogens (tertiary/aromatic N) is 2. The summed E-state index contributed by atoms with van der Waals surface area (Å²) in [5.41, 5.74) is 0.965. The minimum absolute atomic E-state index is 0.0566. The molecule has 1 aromatic rings. The Morgan fingerprint density at radius 2 is 2.14 bits per heavy atom. The van der Waals surface area contributed by atoms with Crippen molar-refractivity contribution in [3.05, 3.63) is 18.0 Å². The first-order chi connectivity index (χ1) is 13.6. The first-order valence-corrected chi connectivity index (χ1v) is 10.5. The van der Waals surface area contributed by atoms with E-state index in [0.29, 0.717) is 25.6 Å². The fraction of sp³-hybridized carbons (Fsp3) is 0.800. The summed E-state index contributed by atoms with van der Waals surface area (Å²) >= 11 is 0. The van der Waals surface area contributed by atoms with Crippen LogP contribution in [0.4, 0.5) is 0 Å². The Hall–Kier alpha value is -1.48. The summed E-state index contributed by atoms with van der Waals surface area (Å²) in [6.07, 6.45) is 9.36. The molecule has 4 rings (SSSR count). The molecular formula is C20H32N4O4. The van der Waals surface area contributed by atoms with Crippen LogP contribution in [-0.4, -0.2) is 63.9 Å². The van der Waals surface area contributed by atoms with Gasteiger partial charge in [-0.3, -0.25) is 9.48 Å². The van der Waals surface area contributed by atoms with Gasteiger partial charge >= 0.3 is 0 Å². The molecular weight excluding hydrogens is 360 g/mol. The van der Waals surface area contributed by atoms with Crippen molar-refractivity contribution in [2.45, 2.75) is 88.1 Å². The van der Waals surface area contributed by atoms with Crippen molar-refractivity contribution in [1.82, 2.24) is 20.4 Å². The molecule has 8 nitrogen and oxygen atoms in total. The molecule has 2 aliphatic heterocycles. The predicted molar refractivity (Wildman–Crippen MR) is 102 cm³/mol. The zero-order chi connectivity index (χ0) is 19.5. The molecule has 1 aromatic heterocycles. The van der Waals surface area contributed by atoms with Crippen molar-refractivity contribution in [2.75, 3.05) is 6.54 Å². The molecule has 0 radical (unpaired) electrons. The molecule has 0 aromatic carbocycles. The molecule has 3 fully saturated rings. The number of hydrogen-bond donors (Lipinski definition) is 3. The maximum atomic E-state index is 12.2. The highest BCUT2D eigenvalue weighted by Gasteiger charge is 2.50. The van der Waals surface area contributed by atoms with Gasteiger partial charge in [-0.05, 0) is 12.8 Å². The normalized spacial score (nSPS) is 33.1. The molecule has 28 heavy (non-hydrogen) atoms. The van der Waals surface area contributed by atoms with E-state index in [1.807, 2.05) is 13.2 Å². The minimum atomic E-state index is -0.635. The number of aryl methyl sites for hydroxylation is 1. The molecule has 1 saturated carbocycles. The van der Waals surface area contributed by atoms with Crippen molar-refractivity contribution >= 4 is 5.91 Å². The fourth-order valence-corrected chi connectivity index (χ4v) is 4.64. The van der Waals surface area contributed by atoms with E-state index in [-0.39, 0.29) is 36.7 Å². The van der Waals surface area contributed by atoms with Gasteiger partial charge in [0.25, 0.3) is 0 Å². The summed E-state index contributed by atoms with van der Waals surface area (Å²) in [5, 5.41) is 21.1. The van der Waals surface area contributed by atoms with Crippen LogP contribution in [-0.2, 0) is 27.9 Å². The highest BCUT2D eigenvalue weighted by Crippen LogP contribution is 2.35. The lowest BCUT2D eigenvalue weighted by Crippen LogP contribution is -2.42. The van der Waals surface area contributed by atoms with E-state index < -0.39 is 6.10 Å². The maximum absolute atomic E-state index is 12.2. The van der Waals surface area contributed by atoms with E-state index in [0.717, 1.165) is 5.56 Å². The number of ether oxygens (including phenoxy) is 2. The summed E-state index contributed by atoms with van der Waals surface area (Å²) in [4.78, 5) is 12.2. The summed E-state index contributed by atoms with van der Waals surface area (Å²) < 4.78 is 13.7. The molecule has 5 atom stereocenters. The number of carbonyl (C=O) groups excluding carboxylic acids is 1. The van der Waals surface area contributed by atoms with Crippen LogP contribution in [0.15, 0.2) is 12.4 Å². The molecule has 2 saturated heterocycles. The van der Waals surface area contributed by atoms with E-state index in [1.54, 1.807) is 10.9 Å². The van der Waals surface area contributed by atoms with E-state index >= 15 is 0 Å². The third-order valence-electron chi connectivity index (χ3n) is 6.15. The van der Waals surface area contributed by atoms with Gasteiger partial charge in [-0.2, -0.15) is 5.10 Å². The maximum Gasteiger partial charge on any atom is 0.222 e. The third kappa shape index (κ3) is 4.74. The third-order valence-corrected chi connectivity index (χ3v) is 6.15. The lowest BCUT2D eigenvalue weighted by Gasteiger charge is -2.26. The van der Waals surface area contributed by atoms with Crippen molar-refractivity contribution in [1.29, 1.82) is 0 Å². The lowest BCUT2D eigenvalue weighted by molar-refractivity contribution is -0.124. The zero-order valence-corrected chi connectivity index (χ0v) is 16.5. The first kappa shape index (κ1) is 19.8. The topological polar surface area (TPSA) is 97.6 Å². The Morgan fingerprint density at radius 3 is 2.86 bits per heavy atom. The van der Waals surface area contributed by atoms with Gasteiger partial charge in [0.1, 0.15) is 12.2 Å². The zero-order valence-electron chi connectivity index (χ0n) is 16.5. The van der Waals surface area contributed by atoms with Crippen LogP contribution < -0.4 is 10.6 Å². The summed E-state index contributed by atoms with van der Waals surface area (Å²) in [5.74, 6) is -0.0566. The first-order valence-electron chi connectivity index (χ1n) is 10.5. The average Bonchev–Trinajstić information content (AvgIpc) is 3.36. The number of amides is 1. The van der Waals surface area contributed by atoms with Crippen LogP contribution in [0.25, 0.3) is 0 Å². The van der Waals surface area contributed by atoms with Gasteiger partial charge in [-0.15, -0.1) is 0 Å². The monoisotopic (exact) mass is 392 g/mol. The summed E-state index contributed by atoms with van der Waals surface area (Å²) in [7, 11) is 1.85. The largest absolute Gasteiger partial charge is 0.388 e. The van der Waals surface area contributed by atoms with E-state index in [1.165, 1.54) is 32.1 Å². The van der Waals surface area contributed by atoms with Crippen LogP contribution in [0.1, 0.15) is 50.5 Å². The molecule has 3 aliphatic rings. The predicted octanol–water partition coefficient (Wildman–Crippen LogP) is 0.635. The molecule has 8 heteroatoms. The molecule has 0 bridgehead atoms. The number of nitrogens with one attached hydrogen (secondary N) is 2. The standard InChI is InChI=1S/C20H32N4O4/c1-24-12-13(10-23-24)9-22-18(25)8-15-7-16-20(27-15)19(26)17(28-16)11-21-14-5-3-2-4-6-14/h10,12,14-17,19-21,26H,2-9,11H2,1H3,(H,22,25)/t15-,16+,17+,19+,20-/m0/s1. The van der Waals surface area contributed by atoms with Gasteiger partial charge in [0.15, 0.2) is 0 Å². The van der Waals surface area contributed by atoms with Gasteiger partial charge < -0.3 is 25.2 Å². The number of rotatable bonds is 7. The second-order valence-electron chi connectivity index (χ2n) is 8.41. The van der Waals surface area contributed by atoms with Crippen LogP contribution >= 0.6 is 0 Å². The second-order valence-corrected chi connectivity index (χ2v) is 8.41. The smallest absolute Gasteiger partial charge is 0.222 e. The van der Waals surface area contributed by atoms with Crippen molar-refractivity contribution < 1.29 is 19.4 Å². The number of aliphatic hydroxyl groups excluding tert-OH is 1. The molecule has 1 amide bonds. The van der Waals surface area contributed by atoms with Crippen LogP contribution in [0, 0.1) is 0 Å². The van der Waals surface area contributed by atoms with Crippen molar-refractivity contribution in [3.63, 3.8) is 0 Å². The number of aromatic nitrogens is 2. The van der Waals surface area contributed by atoms with E-state index in [2.05, 4.69) is 15.7 Å². The molecule has 0 spiro atoms. The lowest BCUT2D eigenvalue weighted by atomic mass is 9.95. The SMILES string of the molecule is Cn1cc(CNC(=O)C[C@@H]2C[C@H]3O[C@H](CNC4CCCCC4)[C@@H](O)[C@H]3O2)cn1. The van der Waals surface area contributed by atoms with Gasteiger partial charge in [0, 0.05) is 44.4 Å². The van der Waals surface area contributed by atoms with Crippen LogP contribution in [0.5, 0.6) is 0 Å². The van der Waals surface area contributed by atoms with Crippen molar-refractivity contribution in [2.24, 2.45) is 7.05 Å². The number of carbonyl (C=O) groups is 1. The minimum Gasteiger partial charge on any atom is -0.388 e. The highest BCUT2D eigenvalue weighted by atomic mass is 16.6. The number of hydrogen-bond acceptors (Lipinski definition) is 6. The Balaban J connectivity index is 1.18. The molecule has 1 aliphatic carbocycles. The molecule has 0 unspecified atom stereocenters. The highest BCUT2D eigenvalue weighted by molar-refractivity contribution is 5.76. The van der Waals surface area contributed by atoms with Gasteiger partial charge in [-0.25, -0.2) is 0 Å². The molecule has 156 valence electrons. The quantitative estimate of drug-likeness (QED) is 0.630. The Bertz CT molecular complexity index is 660. The number of aliphatic hydroxyl groups is 1. The van der Waals surface area contributed by atoms with Crippen molar-refractivity contribution in [3.8, 4) is 0 Å². The molecule has 3 N–H and O–H groups in total. The van der Waals surface area contributed by atoms with E-state index in [9.17, 15) is 9.90 Å². The van der Waals surface area contributed by atoms with E-state index in [4.69, 9.17) is 9.47 Å². The van der Waals surface area contributed by atoms with Gasteiger partial charge in [-0.1, -0.05) is 19.3 Å². The molecule has 3 heterocycles. The Morgan fingerprint density at radius 1 is 1.32 bits per heavy atom. The van der Waals surface area contributed by atoms with Gasteiger partial charge in [0.2, 0.25) is 5.91 Å². The number of fused-ring (bicyclic) bond motifs is 1. The Labute approximate surface area is 166 Å². The summed E-state index contributed by atoms with van der Waals surface area (Å²) in [6.45, 7) is 1.12. The summed E-state index contributed by atoms with van der Waals surface area (Å²) in [6, 6.07) is 0.544. The Kier molecular flexibility index (Phi) is 6.30. The fourth-order valence-electron chi connectivity index (χ4n) is 4.64. The van der Waals surface area contributed by atoms with Gasteiger partial charge in [0.05, 0.1) is 30.9 Å². The van der Waals surface area contributed by atoms with Crippen LogP contribution in [0.2, 0.25) is 0 Å².